The van der Waals surface area contributed by atoms with Gasteiger partial charge in [0.25, 0.3) is 0 Å². The van der Waals surface area contributed by atoms with E-state index in [0.29, 0.717) is 13.0 Å². The fourth-order valence-corrected chi connectivity index (χ4v) is 2.90. The van der Waals surface area contributed by atoms with Crippen LogP contribution < -0.4 is 5.32 Å². The van der Waals surface area contributed by atoms with Crippen molar-refractivity contribution in [1.29, 1.82) is 0 Å². The van der Waals surface area contributed by atoms with Crippen molar-refractivity contribution in [3.05, 3.63) is 69.3 Å². The lowest BCUT2D eigenvalue weighted by atomic mass is 10.1. The number of methoxy groups -OCH3 is 1. The second-order valence-electron chi connectivity index (χ2n) is 5.42. The van der Waals surface area contributed by atoms with Crippen LogP contribution in [0.15, 0.2) is 54.6 Å². The molecule has 1 N–H and O–H groups in total. The van der Waals surface area contributed by atoms with Crippen molar-refractivity contribution >= 4 is 34.5 Å². The number of esters is 1. The lowest BCUT2D eigenvalue weighted by Crippen LogP contribution is -2.44. The number of benzene rings is 2. The third kappa shape index (κ3) is 6.47. The van der Waals surface area contributed by atoms with Crippen LogP contribution in [0.25, 0.3) is 0 Å². The molecule has 2 aromatic rings. The highest BCUT2D eigenvalue weighted by molar-refractivity contribution is 14.1. The summed E-state index contributed by atoms with van der Waals surface area (Å²) in [5, 5.41) is 2.69. The van der Waals surface area contributed by atoms with E-state index in [1.54, 1.807) is 0 Å². The SMILES string of the molecule is COC(=O)[C@@H](Cc1ccccc1I)NC(=O)COCc1ccccc1. The monoisotopic (exact) mass is 453 g/mol. The Morgan fingerprint density at radius 1 is 1.08 bits per heavy atom. The Balaban J connectivity index is 1.89. The molecule has 2 aromatic carbocycles. The van der Waals surface area contributed by atoms with E-state index in [0.717, 1.165) is 14.7 Å². The van der Waals surface area contributed by atoms with E-state index in [1.807, 2.05) is 54.6 Å². The number of hydrogen-bond donors (Lipinski definition) is 1. The summed E-state index contributed by atoms with van der Waals surface area (Å²) in [7, 11) is 1.31. The third-order valence-corrected chi connectivity index (χ3v) is 4.60. The van der Waals surface area contributed by atoms with Crippen molar-refractivity contribution in [2.45, 2.75) is 19.1 Å². The molecule has 25 heavy (non-hydrogen) atoms. The molecule has 132 valence electrons. The summed E-state index contributed by atoms with van der Waals surface area (Å²) in [6, 6.07) is 16.5. The predicted octanol–water partition coefficient (Wildman–Crippen LogP) is 2.71. The molecule has 0 spiro atoms. The molecule has 0 unspecified atom stereocenters. The Hall–Kier alpha value is -1.93. The molecular formula is C19H20INO4. The van der Waals surface area contributed by atoms with E-state index in [9.17, 15) is 9.59 Å². The molecule has 1 atom stereocenters. The molecule has 0 bridgehead atoms. The minimum atomic E-state index is -0.742. The molecule has 0 saturated heterocycles. The molecule has 0 aliphatic rings. The summed E-state index contributed by atoms with van der Waals surface area (Å²) in [4.78, 5) is 24.1. The van der Waals surface area contributed by atoms with Crippen LogP contribution in [-0.2, 0) is 32.1 Å². The Morgan fingerprint density at radius 2 is 1.76 bits per heavy atom. The largest absolute Gasteiger partial charge is 0.467 e. The van der Waals surface area contributed by atoms with Gasteiger partial charge in [0.2, 0.25) is 5.91 Å². The zero-order valence-corrected chi connectivity index (χ0v) is 16.1. The summed E-state index contributed by atoms with van der Waals surface area (Å²) in [5.74, 6) is -0.826. The minimum Gasteiger partial charge on any atom is -0.467 e. The molecule has 5 nitrogen and oxygen atoms in total. The van der Waals surface area contributed by atoms with E-state index in [4.69, 9.17) is 9.47 Å². The smallest absolute Gasteiger partial charge is 0.328 e. The van der Waals surface area contributed by atoms with Crippen LogP contribution in [0.3, 0.4) is 0 Å². The van der Waals surface area contributed by atoms with Crippen LogP contribution in [0.1, 0.15) is 11.1 Å². The molecule has 0 radical (unpaired) electrons. The molecule has 0 saturated carbocycles. The molecule has 0 aliphatic heterocycles. The van der Waals surface area contributed by atoms with Gasteiger partial charge in [-0.1, -0.05) is 48.5 Å². The van der Waals surface area contributed by atoms with E-state index >= 15 is 0 Å². The van der Waals surface area contributed by atoms with Crippen LogP contribution in [0.5, 0.6) is 0 Å². The molecule has 0 aromatic heterocycles. The van der Waals surface area contributed by atoms with Crippen LogP contribution in [0, 0.1) is 3.57 Å². The fourth-order valence-electron chi connectivity index (χ4n) is 2.29. The van der Waals surface area contributed by atoms with Crippen LogP contribution in [-0.4, -0.2) is 31.6 Å². The maximum atomic E-state index is 12.1. The lowest BCUT2D eigenvalue weighted by Gasteiger charge is -2.17. The van der Waals surface area contributed by atoms with Gasteiger partial charge < -0.3 is 14.8 Å². The quantitative estimate of drug-likeness (QED) is 0.493. The van der Waals surface area contributed by atoms with Crippen LogP contribution in [0.4, 0.5) is 0 Å². The Bertz CT molecular complexity index is 706. The normalized spacial score (nSPS) is 11.6. The number of ether oxygens (including phenoxy) is 2. The first kappa shape index (κ1) is 19.4. The van der Waals surface area contributed by atoms with Gasteiger partial charge >= 0.3 is 5.97 Å². The third-order valence-electron chi connectivity index (χ3n) is 3.55. The minimum absolute atomic E-state index is 0.117. The zero-order chi connectivity index (χ0) is 18.1. The summed E-state index contributed by atoms with van der Waals surface area (Å²) in [6.07, 6.45) is 0.371. The van der Waals surface area contributed by atoms with Crippen molar-refractivity contribution in [2.24, 2.45) is 0 Å². The fraction of sp³-hybridized carbons (Fsp3) is 0.263. The molecule has 2 rings (SSSR count). The topological polar surface area (TPSA) is 64.6 Å². The van der Waals surface area contributed by atoms with Crippen molar-refractivity contribution in [2.75, 3.05) is 13.7 Å². The summed E-state index contributed by atoms with van der Waals surface area (Å²) in [6.45, 7) is 0.224. The highest BCUT2D eigenvalue weighted by atomic mass is 127. The second-order valence-corrected chi connectivity index (χ2v) is 6.58. The van der Waals surface area contributed by atoms with Gasteiger partial charge in [-0.05, 0) is 39.8 Å². The first-order valence-electron chi connectivity index (χ1n) is 7.82. The second kappa shape index (κ2) is 10.1. The predicted molar refractivity (Wildman–Crippen MR) is 103 cm³/mol. The lowest BCUT2D eigenvalue weighted by molar-refractivity contribution is -0.145. The molecule has 0 aliphatic carbocycles. The summed E-state index contributed by atoms with van der Waals surface area (Å²) in [5.41, 5.74) is 1.96. The first-order chi connectivity index (χ1) is 12.1. The summed E-state index contributed by atoms with van der Waals surface area (Å²) < 4.78 is 11.2. The van der Waals surface area contributed by atoms with Gasteiger partial charge in [0, 0.05) is 9.99 Å². The number of carbonyl (C=O) groups excluding carboxylic acids is 2. The van der Waals surface area contributed by atoms with Gasteiger partial charge in [-0.15, -0.1) is 0 Å². The number of carbonyl (C=O) groups is 2. The Morgan fingerprint density at radius 3 is 2.44 bits per heavy atom. The van der Waals surface area contributed by atoms with Crippen molar-refractivity contribution in [3.8, 4) is 0 Å². The average Bonchev–Trinajstić information content (AvgIpc) is 2.63. The summed E-state index contributed by atoms with van der Waals surface area (Å²) >= 11 is 2.20. The van der Waals surface area contributed by atoms with E-state index < -0.39 is 12.0 Å². The Labute approximate surface area is 160 Å². The van der Waals surface area contributed by atoms with Crippen molar-refractivity contribution in [3.63, 3.8) is 0 Å². The van der Waals surface area contributed by atoms with Crippen molar-refractivity contribution < 1.29 is 19.1 Å². The first-order valence-corrected chi connectivity index (χ1v) is 8.90. The molecule has 0 fully saturated rings. The van der Waals surface area contributed by atoms with E-state index in [-0.39, 0.29) is 12.5 Å². The van der Waals surface area contributed by atoms with E-state index in [1.165, 1.54) is 7.11 Å². The van der Waals surface area contributed by atoms with E-state index in [2.05, 4.69) is 27.9 Å². The number of amides is 1. The standard InChI is InChI=1S/C19H20INO4/c1-24-19(23)17(11-15-9-5-6-10-16(15)20)21-18(22)13-25-12-14-7-3-2-4-8-14/h2-10,17H,11-13H2,1H3,(H,21,22)/t17-/m1/s1. The average molecular weight is 453 g/mol. The Kier molecular flexibility index (Phi) is 7.87. The number of rotatable bonds is 8. The van der Waals surface area contributed by atoms with Gasteiger partial charge in [0.05, 0.1) is 13.7 Å². The van der Waals surface area contributed by atoms with Gasteiger partial charge in [-0.2, -0.15) is 0 Å². The molecule has 6 heteroatoms. The number of halogens is 1. The zero-order valence-electron chi connectivity index (χ0n) is 13.9. The molecule has 1 amide bonds. The van der Waals surface area contributed by atoms with Crippen LogP contribution >= 0.6 is 22.6 Å². The maximum Gasteiger partial charge on any atom is 0.328 e. The van der Waals surface area contributed by atoms with Gasteiger partial charge in [-0.25, -0.2) is 4.79 Å². The molecular weight excluding hydrogens is 433 g/mol. The highest BCUT2D eigenvalue weighted by Gasteiger charge is 2.22. The number of hydrogen-bond acceptors (Lipinski definition) is 4. The van der Waals surface area contributed by atoms with Gasteiger partial charge in [-0.3, -0.25) is 4.79 Å². The molecule has 0 heterocycles. The van der Waals surface area contributed by atoms with Crippen LogP contribution in [0.2, 0.25) is 0 Å². The van der Waals surface area contributed by atoms with Gasteiger partial charge in [0.15, 0.2) is 0 Å². The maximum absolute atomic E-state index is 12.1. The number of nitrogens with one attached hydrogen (secondary N) is 1. The van der Waals surface area contributed by atoms with Gasteiger partial charge in [0.1, 0.15) is 12.6 Å². The highest BCUT2D eigenvalue weighted by Crippen LogP contribution is 2.14. The van der Waals surface area contributed by atoms with Crippen molar-refractivity contribution in [1.82, 2.24) is 5.32 Å².